The fourth-order valence-electron chi connectivity index (χ4n) is 3.32. The fraction of sp³-hybridized carbons (Fsp3) is 0.467. The van der Waals surface area contributed by atoms with Crippen molar-refractivity contribution in [2.24, 2.45) is 5.73 Å². The van der Waals surface area contributed by atoms with E-state index in [-0.39, 0.29) is 12.0 Å². The van der Waals surface area contributed by atoms with E-state index >= 15 is 0 Å². The first kappa shape index (κ1) is 11.2. The van der Waals surface area contributed by atoms with Gasteiger partial charge in [0, 0.05) is 6.04 Å². The van der Waals surface area contributed by atoms with Gasteiger partial charge in [-0.3, -0.25) is 0 Å². The quantitative estimate of drug-likeness (QED) is 0.894. The predicted molar refractivity (Wildman–Crippen MR) is 70.9 cm³/mol. The van der Waals surface area contributed by atoms with Crippen LogP contribution in [0.1, 0.15) is 53.9 Å². The number of rotatable bonds is 2. The summed E-state index contributed by atoms with van der Waals surface area (Å²) in [6, 6.07) is 8.65. The molecule has 0 amide bonds. The third-order valence-corrected chi connectivity index (χ3v) is 4.51. The van der Waals surface area contributed by atoms with Gasteiger partial charge >= 0.3 is 0 Å². The molecule has 1 fully saturated rings. The topological polar surface area (TPSA) is 64.9 Å². The zero-order chi connectivity index (χ0) is 12.8. The van der Waals surface area contributed by atoms with Crippen LogP contribution in [0.3, 0.4) is 0 Å². The minimum absolute atomic E-state index is 0.182. The second-order valence-electron chi connectivity index (χ2n) is 5.65. The average molecular weight is 255 g/mol. The molecule has 2 aromatic rings. The molecule has 1 aromatic carbocycles. The van der Waals surface area contributed by atoms with Crippen LogP contribution in [0.25, 0.3) is 0 Å². The summed E-state index contributed by atoms with van der Waals surface area (Å²) in [5.74, 6) is 2.14. The van der Waals surface area contributed by atoms with Gasteiger partial charge in [0.05, 0.1) is 11.8 Å². The summed E-state index contributed by atoms with van der Waals surface area (Å²) < 4.78 is 5.45. The highest BCUT2D eigenvalue weighted by atomic mass is 16.5. The summed E-state index contributed by atoms with van der Waals surface area (Å²) >= 11 is 0. The van der Waals surface area contributed by atoms with Crippen molar-refractivity contribution in [3.63, 3.8) is 0 Å². The Bertz CT molecular complexity index is 607. The van der Waals surface area contributed by atoms with Gasteiger partial charge in [-0.1, -0.05) is 35.8 Å². The molecule has 98 valence electrons. The molecule has 19 heavy (non-hydrogen) atoms. The van der Waals surface area contributed by atoms with E-state index in [1.54, 1.807) is 0 Å². The van der Waals surface area contributed by atoms with Gasteiger partial charge in [0.2, 0.25) is 5.89 Å². The monoisotopic (exact) mass is 255 g/mol. The van der Waals surface area contributed by atoms with Crippen LogP contribution in [0.4, 0.5) is 0 Å². The van der Waals surface area contributed by atoms with Gasteiger partial charge in [-0.2, -0.15) is 4.98 Å². The molecule has 2 aliphatic carbocycles. The molecule has 4 heteroatoms. The van der Waals surface area contributed by atoms with E-state index in [1.807, 2.05) is 0 Å². The molecule has 1 aromatic heterocycles. The maximum Gasteiger partial charge on any atom is 0.231 e. The van der Waals surface area contributed by atoms with Crippen LogP contribution in [-0.2, 0) is 6.42 Å². The van der Waals surface area contributed by atoms with Gasteiger partial charge in [-0.05, 0) is 30.4 Å². The minimum Gasteiger partial charge on any atom is -0.339 e. The van der Waals surface area contributed by atoms with Crippen LogP contribution in [0.15, 0.2) is 28.8 Å². The smallest absolute Gasteiger partial charge is 0.231 e. The Morgan fingerprint density at radius 1 is 1.21 bits per heavy atom. The number of nitrogens with two attached hydrogens (primary N) is 1. The van der Waals surface area contributed by atoms with Crippen LogP contribution < -0.4 is 5.73 Å². The molecule has 0 radical (unpaired) electrons. The van der Waals surface area contributed by atoms with E-state index < -0.39 is 0 Å². The third-order valence-electron chi connectivity index (χ3n) is 4.51. The largest absolute Gasteiger partial charge is 0.339 e. The number of hydrogen-bond acceptors (Lipinski definition) is 4. The molecular weight excluding hydrogens is 238 g/mol. The zero-order valence-electron chi connectivity index (χ0n) is 10.7. The molecule has 0 saturated heterocycles. The van der Waals surface area contributed by atoms with Crippen molar-refractivity contribution in [2.45, 2.75) is 43.6 Å². The molecule has 0 bridgehead atoms. The van der Waals surface area contributed by atoms with Gasteiger partial charge in [-0.25, -0.2) is 0 Å². The number of nitrogens with zero attached hydrogens (tertiary/aromatic N) is 2. The summed E-state index contributed by atoms with van der Waals surface area (Å²) in [6.07, 6.45) is 4.32. The van der Waals surface area contributed by atoms with Crippen LogP contribution in [0.5, 0.6) is 0 Å². The Morgan fingerprint density at radius 3 is 2.89 bits per heavy atom. The molecule has 0 spiro atoms. The minimum atomic E-state index is 0.182. The standard InChI is InChI=1S/C15H17N3O/c16-13-7-3-6-11(13)15-17-14(18-19-15)12-8-9-4-1-2-5-10(9)12/h1-2,4-5,11-13H,3,6-8,16H2. The van der Waals surface area contributed by atoms with E-state index in [4.69, 9.17) is 10.3 Å². The second kappa shape index (κ2) is 4.17. The van der Waals surface area contributed by atoms with E-state index in [1.165, 1.54) is 11.1 Å². The maximum atomic E-state index is 6.09. The fourth-order valence-corrected chi connectivity index (χ4v) is 3.32. The van der Waals surface area contributed by atoms with Crippen molar-refractivity contribution < 1.29 is 4.52 Å². The van der Waals surface area contributed by atoms with E-state index in [9.17, 15) is 0 Å². The Kier molecular flexibility index (Phi) is 2.45. The molecule has 2 aliphatic rings. The SMILES string of the molecule is NC1CCCC1c1nc(C2Cc3ccccc32)no1. The van der Waals surface area contributed by atoms with Gasteiger partial charge in [0.15, 0.2) is 5.82 Å². The molecule has 3 unspecified atom stereocenters. The highest BCUT2D eigenvalue weighted by Gasteiger charge is 2.34. The predicted octanol–water partition coefficient (Wildman–Crippen LogP) is 2.35. The first-order chi connectivity index (χ1) is 9.33. The lowest BCUT2D eigenvalue weighted by Gasteiger charge is -2.27. The Balaban J connectivity index is 1.60. The van der Waals surface area contributed by atoms with Crippen molar-refractivity contribution in [3.05, 3.63) is 47.1 Å². The summed E-state index contributed by atoms with van der Waals surface area (Å²) in [4.78, 5) is 4.61. The van der Waals surface area contributed by atoms with Crippen molar-refractivity contribution in [3.8, 4) is 0 Å². The Labute approximate surface area is 112 Å². The van der Waals surface area contributed by atoms with E-state index in [0.29, 0.717) is 5.92 Å². The summed E-state index contributed by atoms with van der Waals surface area (Å²) in [6.45, 7) is 0. The van der Waals surface area contributed by atoms with Gasteiger partial charge in [0.1, 0.15) is 0 Å². The van der Waals surface area contributed by atoms with Crippen LogP contribution in [-0.4, -0.2) is 16.2 Å². The number of fused-ring (bicyclic) bond motifs is 1. The maximum absolute atomic E-state index is 6.09. The summed E-state index contributed by atoms with van der Waals surface area (Å²) in [7, 11) is 0. The first-order valence-electron chi connectivity index (χ1n) is 7.00. The van der Waals surface area contributed by atoms with Crippen molar-refractivity contribution in [1.29, 1.82) is 0 Å². The normalized spacial score (nSPS) is 29.0. The van der Waals surface area contributed by atoms with Crippen molar-refractivity contribution >= 4 is 0 Å². The van der Waals surface area contributed by atoms with Crippen LogP contribution in [0.2, 0.25) is 0 Å². The third kappa shape index (κ3) is 1.70. The molecule has 2 N–H and O–H groups in total. The molecule has 1 heterocycles. The number of aromatic nitrogens is 2. The lowest BCUT2D eigenvalue weighted by molar-refractivity contribution is 0.339. The van der Waals surface area contributed by atoms with Gasteiger partial charge in [0.25, 0.3) is 0 Å². The number of benzene rings is 1. The average Bonchev–Trinajstić information content (AvgIpc) is 3.00. The van der Waals surface area contributed by atoms with E-state index in [2.05, 4.69) is 34.4 Å². The molecule has 4 rings (SSSR count). The second-order valence-corrected chi connectivity index (χ2v) is 5.65. The molecule has 0 aliphatic heterocycles. The van der Waals surface area contributed by atoms with Gasteiger partial charge in [-0.15, -0.1) is 0 Å². The van der Waals surface area contributed by atoms with E-state index in [0.717, 1.165) is 37.4 Å². The first-order valence-corrected chi connectivity index (χ1v) is 7.00. The lowest BCUT2D eigenvalue weighted by Crippen LogP contribution is -2.23. The van der Waals surface area contributed by atoms with Crippen LogP contribution in [0, 0.1) is 0 Å². The Hall–Kier alpha value is -1.68. The lowest BCUT2D eigenvalue weighted by atomic mass is 9.77. The summed E-state index contributed by atoms with van der Waals surface area (Å²) in [5.41, 5.74) is 8.83. The van der Waals surface area contributed by atoms with Crippen LogP contribution >= 0.6 is 0 Å². The molecule has 3 atom stereocenters. The highest BCUT2D eigenvalue weighted by Crippen LogP contribution is 2.39. The van der Waals surface area contributed by atoms with Crippen molar-refractivity contribution in [2.75, 3.05) is 0 Å². The highest BCUT2D eigenvalue weighted by molar-refractivity contribution is 5.43. The number of hydrogen-bond donors (Lipinski definition) is 1. The Morgan fingerprint density at radius 2 is 2.11 bits per heavy atom. The van der Waals surface area contributed by atoms with Crippen molar-refractivity contribution in [1.82, 2.24) is 10.1 Å². The van der Waals surface area contributed by atoms with Gasteiger partial charge < -0.3 is 10.3 Å². The summed E-state index contributed by atoms with van der Waals surface area (Å²) in [5, 5.41) is 4.17. The molecule has 1 saturated carbocycles. The molecular formula is C15H17N3O. The molecule has 4 nitrogen and oxygen atoms in total. The zero-order valence-corrected chi connectivity index (χ0v) is 10.7.